The molecule has 0 aliphatic carbocycles. The van der Waals surface area contributed by atoms with Crippen LogP contribution in [-0.2, 0) is 10.0 Å². The van der Waals surface area contributed by atoms with Gasteiger partial charge in [0.05, 0.1) is 17.4 Å². The maximum atomic E-state index is 11.9. The third-order valence-corrected chi connectivity index (χ3v) is 3.70. The number of nitrogens with one attached hydrogen (secondary N) is 1. The van der Waals surface area contributed by atoms with Crippen molar-refractivity contribution in [2.75, 3.05) is 4.72 Å². The van der Waals surface area contributed by atoms with Crippen LogP contribution in [-0.4, -0.2) is 23.2 Å². The molecule has 18 heavy (non-hydrogen) atoms. The van der Waals surface area contributed by atoms with E-state index in [0.29, 0.717) is 5.69 Å². The van der Waals surface area contributed by atoms with Crippen molar-refractivity contribution in [3.8, 4) is 0 Å². The number of hydrogen-bond acceptors (Lipinski definition) is 5. The SMILES string of the molecule is O=S(=O)(Nc1ccn2nccc2c1)c1cnoc1. The molecule has 7 nitrogen and oxygen atoms in total. The van der Waals surface area contributed by atoms with E-state index in [1.54, 1.807) is 35.1 Å². The summed E-state index contributed by atoms with van der Waals surface area (Å²) in [5.74, 6) is 0. The molecule has 0 unspecified atom stereocenters. The van der Waals surface area contributed by atoms with Gasteiger partial charge in [-0.2, -0.15) is 5.10 Å². The molecule has 3 rings (SSSR count). The van der Waals surface area contributed by atoms with Crippen LogP contribution in [0.4, 0.5) is 5.69 Å². The summed E-state index contributed by atoms with van der Waals surface area (Å²) in [5, 5.41) is 7.38. The van der Waals surface area contributed by atoms with Crippen LogP contribution in [0.1, 0.15) is 0 Å². The molecule has 92 valence electrons. The van der Waals surface area contributed by atoms with E-state index in [-0.39, 0.29) is 4.90 Å². The summed E-state index contributed by atoms with van der Waals surface area (Å²) in [7, 11) is -3.66. The maximum absolute atomic E-state index is 11.9. The van der Waals surface area contributed by atoms with Crippen LogP contribution in [0.15, 0.2) is 52.5 Å². The summed E-state index contributed by atoms with van der Waals surface area (Å²) in [6, 6.07) is 5.07. The van der Waals surface area contributed by atoms with E-state index in [4.69, 9.17) is 0 Å². The molecule has 0 fully saturated rings. The molecule has 0 aromatic carbocycles. The van der Waals surface area contributed by atoms with E-state index in [0.717, 1.165) is 18.0 Å². The van der Waals surface area contributed by atoms with Crippen LogP contribution in [0.25, 0.3) is 5.52 Å². The molecule has 3 aromatic rings. The zero-order valence-electron chi connectivity index (χ0n) is 9.02. The Labute approximate surface area is 102 Å². The highest BCUT2D eigenvalue weighted by Gasteiger charge is 2.16. The van der Waals surface area contributed by atoms with Crippen molar-refractivity contribution >= 4 is 21.2 Å². The van der Waals surface area contributed by atoms with Gasteiger partial charge in [0, 0.05) is 12.4 Å². The average Bonchev–Trinajstić information content (AvgIpc) is 2.99. The van der Waals surface area contributed by atoms with E-state index >= 15 is 0 Å². The van der Waals surface area contributed by atoms with Gasteiger partial charge in [-0.15, -0.1) is 0 Å². The van der Waals surface area contributed by atoms with Crippen molar-refractivity contribution in [2.45, 2.75) is 4.90 Å². The van der Waals surface area contributed by atoms with Gasteiger partial charge in [0.15, 0.2) is 0 Å². The second kappa shape index (κ2) is 3.84. The Morgan fingerprint density at radius 1 is 1.33 bits per heavy atom. The van der Waals surface area contributed by atoms with Crippen LogP contribution >= 0.6 is 0 Å². The number of sulfonamides is 1. The molecule has 8 heteroatoms. The molecule has 0 amide bonds. The van der Waals surface area contributed by atoms with Crippen molar-refractivity contribution in [1.29, 1.82) is 0 Å². The maximum Gasteiger partial charge on any atom is 0.266 e. The molecular formula is C10H8N4O3S. The number of hydrogen-bond donors (Lipinski definition) is 1. The first-order valence-corrected chi connectivity index (χ1v) is 6.49. The first-order valence-electron chi connectivity index (χ1n) is 5.01. The van der Waals surface area contributed by atoms with E-state index in [1.807, 2.05) is 0 Å². The second-order valence-electron chi connectivity index (χ2n) is 3.58. The number of rotatable bonds is 3. The number of pyridine rings is 1. The van der Waals surface area contributed by atoms with Crippen LogP contribution in [0.3, 0.4) is 0 Å². The molecule has 0 saturated heterocycles. The summed E-state index contributed by atoms with van der Waals surface area (Å²) in [6.45, 7) is 0. The molecular weight excluding hydrogens is 256 g/mol. The summed E-state index contributed by atoms with van der Waals surface area (Å²) >= 11 is 0. The monoisotopic (exact) mass is 264 g/mol. The van der Waals surface area contributed by atoms with Gasteiger partial charge in [-0.25, -0.2) is 12.9 Å². The normalized spacial score (nSPS) is 11.8. The van der Waals surface area contributed by atoms with Gasteiger partial charge < -0.3 is 4.52 Å². The average molecular weight is 264 g/mol. The Morgan fingerprint density at radius 2 is 2.22 bits per heavy atom. The molecule has 0 atom stereocenters. The minimum Gasteiger partial charge on any atom is -0.363 e. The highest BCUT2D eigenvalue weighted by molar-refractivity contribution is 7.92. The molecule has 0 spiro atoms. The number of aromatic nitrogens is 3. The Morgan fingerprint density at radius 3 is 3.00 bits per heavy atom. The van der Waals surface area contributed by atoms with Crippen LogP contribution < -0.4 is 4.72 Å². The standard InChI is InChI=1S/C10H8N4O3S/c15-18(16,10-6-12-17-7-10)13-8-2-4-14-9(5-8)1-3-11-14/h1-7,13H. The second-order valence-corrected chi connectivity index (χ2v) is 5.26. The smallest absolute Gasteiger partial charge is 0.266 e. The van der Waals surface area contributed by atoms with Gasteiger partial charge in [-0.1, -0.05) is 5.16 Å². The quantitative estimate of drug-likeness (QED) is 0.765. The van der Waals surface area contributed by atoms with Gasteiger partial charge in [-0.05, 0) is 18.2 Å². The fourth-order valence-electron chi connectivity index (χ4n) is 1.53. The lowest BCUT2D eigenvalue weighted by Crippen LogP contribution is -2.12. The van der Waals surface area contributed by atoms with E-state index < -0.39 is 10.0 Å². The Bertz CT molecular complexity index is 776. The summed E-state index contributed by atoms with van der Waals surface area (Å²) in [6.07, 6.45) is 5.51. The lowest BCUT2D eigenvalue weighted by Gasteiger charge is -2.05. The topological polar surface area (TPSA) is 89.5 Å². The van der Waals surface area contributed by atoms with Gasteiger partial charge in [0.25, 0.3) is 10.0 Å². The summed E-state index contributed by atoms with van der Waals surface area (Å²) < 4.78 is 32.4. The van der Waals surface area contributed by atoms with Crippen molar-refractivity contribution in [1.82, 2.24) is 14.8 Å². The Balaban J connectivity index is 1.97. The Hall–Kier alpha value is -2.35. The molecule has 1 N–H and O–H groups in total. The largest absolute Gasteiger partial charge is 0.363 e. The predicted octanol–water partition coefficient (Wildman–Crippen LogP) is 1.12. The van der Waals surface area contributed by atoms with Crippen LogP contribution in [0.5, 0.6) is 0 Å². The van der Waals surface area contributed by atoms with Crippen molar-refractivity contribution in [2.24, 2.45) is 0 Å². The van der Waals surface area contributed by atoms with Crippen LogP contribution in [0, 0.1) is 0 Å². The van der Waals surface area contributed by atoms with Crippen molar-refractivity contribution < 1.29 is 12.9 Å². The third kappa shape index (κ3) is 1.82. The molecule has 0 radical (unpaired) electrons. The fourth-order valence-corrected chi connectivity index (χ4v) is 2.43. The highest BCUT2D eigenvalue weighted by atomic mass is 32.2. The lowest BCUT2D eigenvalue weighted by atomic mass is 10.4. The van der Waals surface area contributed by atoms with E-state index in [1.165, 1.54) is 0 Å². The summed E-state index contributed by atoms with van der Waals surface area (Å²) in [4.78, 5) is -0.0177. The first kappa shape index (κ1) is 10.8. The van der Waals surface area contributed by atoms with E-state index in [9.17, 15) is 8.42 Å². The van der Waals surface area contributed by atoms with Gasteiger partial charge in [-0.3, -0.25) is 4.72 Å². The number of anilines is 1. The molecule has 0 saturated carbocycles. The molecule has 0 aliphatic rings. The van der Waals surface area contributed by atoms with Gasteiger partial charge in [0.2, 0.25) is 0 Å². The number of fused-ring (bicyclic) bond motifs is 1. The highest BCUT2D eigenvalue weighted by Crippen LogP contribution is 2.16. The first-order chi connectivity index (χ1) is 8.65. The Kier molecular flexibility index (Phi) is 2.30. The van der Waals surface area contributed by atoms with Crippen LogP contribution in [0.2, 0.25) is 0 Å². The van der Waals surface area contributed by atoms with Gasteiger partial charge >= 0.3 is 0 Å². The third-order valence-electron chi connectivity index (χ3n) is 2.37. The molecule has 3 aromatic heterocycles. The lowest BCUT2D eigenvalue weighted by molar-refractivity contribution is 0.417. The minimum atomic E-state index is -3.66. The number of nitrogens with zero attached hydrogens (tertiary/aromatic N) is 3. The predicted molar refractivity (Wildman–Crippen MR) is 62.5 cm³/mol. The molecule has 3 heterocycles. The van der Waals surface area contributed by atoms with Crippen molar-refractivity contribution in [3.63, 3.8) is 0 Å². The minimum absolute atomic E-state index is 0.0177. The van der Waals surface area contributed by atoms with E-state index in [2.05, 4.69) is 19.5 Å². The zero-order chi connectivity index (χ0) is 12.6. The fraction of sp³-hybridized carbons (Fsp3) is 0. The summed E-state index contributed by atoms with van der Waals surface area (Å²) in [5.41, 5.74) is 1.24. The zero-order valence-corrected chi connectivity index (χ0v) is 9.83. The molecule has 0 aliphatic heterocycles. The van der Waals surface area contributed by atoms with Gasteiger partial charge in [0.1, 0.15) is 11.2 Å². The van der Waals surface area contributed by atoms with Crippen molar-refractivity contribution in [3.05, 3.63) is 43.1 Å². The molecule has 0 bridgehead atoms.